The average molecular weight is 407 g/mol. The van der Waals surface area contributed by atoms with E-state index in [0.29, 0.717) is 12.8 Å². The number of nitrogens with two attached hydrogens (primary N) is 1. The van der Waals surface area contributed by atoms with Gasteiger partial charge in [-0.3, -0.25) is 19.8 Å². The number of carbonyl (C=O) groups is 2. The Morgan fingerprint density at radius 1 is 1.07 bits per heavy atom. The molecular formula is C21H34N4O4. The van der Waals surface area contributed by atoms with Crippen LogP contribution in [0.1, 0.15) is 51.4 Å². The monoisotopic (exact) mass is 406 g/mol. The molecular weight excluding hydrogens is 372 g/mol. The number of nitrogens with zero attached hydrogens (tertiary/aromatic N) is 1. The van der Waals surface area contributed by atoms with Crippen molar-refractivity contribution in [3.63, 3.8) is 0 Å². The SMILES string of the molecule is NCCCCCCCCNC1=CC=CC2C(=O)N(C3CCC(O)NC3O)C(=O)C12. The molecule has 5 atom stereocenters. The highest BCUT2D eigenvalue weighted by Crippen LogP contribution is 2.37. The maximum absolute atomic E-state index is 13.1. The van der Waals surface area contributed by atoms with Crippen molar-refractivity contribution >= 4 is 11.8 Å². The van der Waals surface area contributed by atoms with E-state index in [1.165, 1.54) is 24.2 Å². The molecule has 1 aliphatic carbocycles. The molecule has 0 spiro atoms. The average Bonchev–Trinajstić information content (AvgIpc) is 2.95. The number of likely N-dealkylation sites (tertiary alicyclic amines) is 1. The second kappa shape index (κ2) is 10.3. The van der Waals surface area contributed by atoms with Crippen LogP contribution in [0.5, 0.6) is 0 Å². The first kappa shape index (κ1) is 22.0. The van der Waals surface area contributed by atoms with Crippen LogP contribution in [0.2, 0.25) is 0 Å². The number of aliphatic hydroxyl groups is 2. The molecule has 8 heteroatoms. The van der Waals surface area contributed by atoms with Gasteiger partial charge >= 0.3 is 0 Å². The predicted molar refractivity (Wildman–Crippen MR) is 109 cm³/mol. The minimum Gasteiger partial charge on any atom is -0.388 e. The number of unbranched alkanes of at least 4 members (excludes halogenated alkanes) is 5. The van der Waals surface area contributed by atoms with Crippen LogP contribution in [-0.4, -0.2) is 58.5 Å². The Kier molecular flexibility index (Phi) is 7.83. The summed E-state index contributed by atoms with van der Waals surface area (Å²) in [5.74, 6) is -1.61. The van der Waals surface area contributed by atoms with Crippen LogP contribution in [0.25, 0.3) is 0 Å². The highest BCUT2D eigenvalue weighted by molar-refractivity contribution is 6.08. The summed E-state index contributed by atoms with van der Waals surface area (Å²) < 4.78 is 0. The number of nitrogens with one attached hydrogen (secondary N) is 2. The molecule has 0 aromatic rings. The number of hydrogen-bond acceptors (Lipinski definition) is 7. The molecule has 3 rings (SSSR count). The van der Waals surface area contributed by atoms with Gasteiger partial charge in [-0.1, -0.05) is 37.8 Å². The summed E-state index contributed by atoms with van der Waals surface area (Å²) in [6.07, 6.45) is 11.1. The Bertz CT molecular complexity index is 651. The second-order valence-electron chi connectivity index (χ2n) is 8.17. The van der Waals surface area contributed by atoms with Crippen molar-refractivity contribution in [3.8, 4) is 0 Å². The fourth-order valence-electron chi connectivity index (χ4n) is 4.47. The van der Waals surface area contributed by atoms with Crippen LogP contribution in [0.3, 0.4) is 0 Å². The summed E-state index contributed by atoms with van der Waals surface area (Å²) in [5, 5.41) is 25.8. The van der Waals surface area contributed by atoms with Crippen molar-refractivity contribution in [2.75, 3.05) is 13.1 Å². The molecule has 2 heterocycles. The summed E-state index contributed by atoms with van der Waals surface area (Å²) >= 11 is 0. The third kappa shape index (κ3) is 5.06. The first-order valence-electron chi connectivity index (χ1n) is 10.9. The standard InChI is InChI=1S/C21H34N4O4/c22-12-5-3-1-2-4-6-13-23-15-9-7-8-14-18(15)21(29)25(20(14)28)16-10-11-17(26)24-19(16)27/h7-9,14,16-19,23-24,26-27H,1-6,10-13,22H2. The van der Waals surface area contributed by atoms with E-state index in [4.69, 9.17) is 5.73 Å². The second-order valence-corrected chi connectivity index (χ2v) is 8.17. The Morgan fingerprint density at radius 3 is 2.52 bits per heavy atom. The Morgan fingerprint density at radius 2 is 1.79 bits per heavy atom. The number of carbonyl (C=O) groups excluding carboxylic acids is 2. The lowest BCUT2D eigenvalue weighted by atomic mass is 9.88. The summed E-state index contributed by atoms with van der Waals surface area (Å²) in [6.45, 7) is 1.52. The van der Waals surface area contributed by atoms with E-state index >= 15 is 0 Å². The van der Waals surface area contributed by atoms with Gasteiger partial charge in [-0.15, -0.1) is 0 Å². The number of hydrogen-bond donors (Lipinski definition) is 5. The van der Waals surface area contributed by atoms with E-state index < -0.39 is 30.3 Å². The van der Waals surface area contributed by atoms with Crippen LogP contribution < -0.4 is 16.4 Å². The Hall–Kier alpha value is -1.74. The number of fused-ring (bicyclic) bond motifs is 1. The minimum atomic E-state index is -1.12. The number of imide groups is 1. The number of rotatable bonds is 10. The van der Waals surface area contributed by atoms with Crippen LogP contribution in [0.4, 0.5) is 0 Å². The highest BCUT2D eigenvalue weighted by atomic mass is 16.3. The molecule has 3 aliphatic rings. The normalized spacial score (nSPS) is 31.8. The van der Waals surface area contributed by atoms with E-state index in [1.54, 1.807) is 6.08 Å². The van der Waals surface area contributed by atoms with Crippen molar-refractivity contribution in [1.29, 1.82) is 0 Å². The fraction of sp³-hybridized carbons (Fsp3) is 0.714. The molecule has 0 bridgehead atoms. The fourth-order valence-corrected chi connectivity index (χ4v) is 4.47. The zero-order valence-electron chi connectivity index (χ0n) is 16.9. The van der Waals surface area contributed by atoms with Gasteiger partial charge in [0.2, 0.25) is 11.8 Å². The minimum absolute atomic E-state index is 0.271. The summed E-state index contributed by atoms with van der Waals surface area (Å²) in [6, 6.07) is -0.646. The van der Waals surface area contributed by atoms with Crippen LogP contribution in [0, 0.1) is 11.8 Å². The maximum atomic E-state index is 13.1. The molecule has 5 unspecified atom stereocenters. The molecule has 29 heavy (non-hydrogen) atoms. The number of aliphatic hydroxyl groups excluding tert-OH is 2. The van der Waals surface area contributed by atoms with Crippen LogP contribution in [0.15, 0.2) is 23.9 Å². The number of amides is 2. The van der Waals surface area contributed by atoms with Crippen LogP contribution >= 0.6 is 0 Å². The molecule has 2 fully saturated rings. The Labute approximate surface area is 172 Å². The van der Waals surface area contributed by atoms with Gasteiger partial charge in [-0.05, 0) is 38.3 Å². The van der Waals surface area contributed by atoms with Crippen molar-refractivity contribution < 1.29 is 19.8 Å². The lowest BCUT2D eigenvalue weighted by Gasteiger charge is -2.36. The largest absolute Gasteiger partial charge is 0.388 e. The molecule has 162 valence electrons. The van der Waals surface area contributed by atoms with Gasteiger partial charge in [0.1, 0.15) is 12.5 Å². The summed E-state index contributed by atoms with van der Waals surface area (Å²) in [4.78, 5) is 27.2. The van der Waals surface area contributed by atoms with E-state index in [0.717, 1.165) is 38.0 Å². The van der Waals surface area contributed by atoms with Crippen molar-refractivity contribution in [2.45, 2.75) is 69.9 Å². The van der Waals surface area contributed by atoms with Gasteiger partial charge in [-0.25, -0.2) is 0 Å². The van der Waals surface area contributed by atoms with Gasteiger partial charge < -0.3 is 21.3 Å². The zero-order chi connectivity index (χ0) is 20.8. The molecule has 8 nitrogen and oxygen atoms in total. The van der Waals surface area contributed by atoms with Crippen molar-refractivity contribution in [1.82, 2.24) is 15.5 Å². The molecule has 0 saturated carbocycles. The van der Waals surface area contributed by atoms with E-state index in [9.17, 15) is 19.8 Å². The third-order valence-corrected chi connectivity index (χ3v) is 6.07. The van der Waals surface area contributed by atoms with E-state index in [2.05, 4.69) is 10.6 Å². The molecule has 0 aromatic carbocycles. The quantitative estimate of drug-likeness (QED) is 0.261. The molecule has 0 aromatic heterocycles. The molecule has 2 amide bonds. The molecule has 2 aliphatic heterocycles. The summed E-state index contributed by atoms with van der Waals surface area (Å²) in [7, 11) is 0. The zero-order valence-corrected chi connectivity index (χ0v) is 16.9. The maximum Gasteiger partial charge on any atom is 0.239 e. The van der Waals surface area contributed by atoms with Gasteiger partial charge in [0.25, 0.3) is 0 Å². The molecule has 6 N–H and O–H groups in total. The van der Waals surface area contributed by atoms with Crippen LogP contribution in [-0.2, 0) is 9.59 Å². The first-order chi connectivity index (χ1) is 14.0. The predicted octanol–water partition coefficient (Wildman–Crippen LogP) is 0.319. The van der Waals surface area contributed by atoms with Gasteiger partial charge in [0, 0.05) is 12.2 Å². The van der Waals surface area contributed by atoms with Gasteiger partial charge in [0.15, 0.2) is 0 Å². The van der Waals surface area contributed by atoms with Crippen molar-refractivity contribution in [3.05, 3.63) is 23.9 Å². The van der Waals surface area contributed by atoms with Gasteiger partial charge in [-0.2, -0.15) is 0 Å². The third-order valence-electron chi connectivity index (χ3n) is 6.07. The number of piperidine rings is 1. The molecule has 0 radical (unpaired) electrons. The topological polar surface area (TPSA) is 128 Å². The number of allylic oxidation sites excluding steroid dienone is 2. The first-order valence-corrected chi connectivity index (χ1v) is 10.9. The lowest BCUT2D eigenvalue weighted by molar-refractivity contribution is -0.149. The molecule has 2 saturated heterocycles. The van der Waals surface area contributed by atoms with E-state index in [1.807, 2.05) is 12.2 Å². The van der Waals surface area contributed by atoms with Crippen molar-refractivity contribution in [2.24, 2.45) is 17.6 Å². The van der Waals surface area contributed by atoms with Gasteiger partial charge in [0.05, 0.1) is 17.9 Å². The Balaban J connectivity index is 1.54. The van der Waals surface area contributed by atoms with E-state index in [-0.39, 0.29) is 11.8 Å². The lowest BCUT2D eigenvalue weighted by Crippen LogP contribution is -2.58. The highest BCUT2D eigenvalue weighted by Gasteiger charge is 2.52. The summed E-state index contributed by atoms with van der Waals surface area (Å²) in [5.41, 5.74) is 6.28. The smallest absolute Gasteiger partial charge is 0.239 e.